The van der Waals surface area contributed by atoms with E-state index in [2.05, 4.69) is 9.71 Å². The Bertz CT molecular complexity index is 721. The fourth-order valence-electron chi connectivity index (χ4n) is 1.36. The van der Waals surface area contributed by atoms with E-state index in [1.54, 1.807) is 11.6 Å². The van der Waals surface area contributed by atoms with E-state index in [1.807, 2.05) is 6.07 Å². The summed E-state index contributed by atoms with van der Waals surface area (Å²) >= 11 is 7.22. The van der Waals surface area contributed by atoms with Crippen LogP contribution in [0, 0.1) is 11.3 Å². The summed E-state index contributed by atoms with van der Waals surface area (Å²) in [7, 11) is -3.72. The molecule has 0 unspecified atom stereocenters. The van der Waals surface area contributed by atoms with Crippen molar-refractivity contribution in [2.75, 3.05) is 0 Å². The first kappa shape index (κ1) is 14.0. The van der Waals surface area contributed by atoms with Gasteiger partial charge in [0.2, 0.25) is 10.0 Å². The van der Waals surface area contributed by atoms with Crippen molar-refractivity contribution in [3.8, 4) is 6.07 Å². The zero-order valence-corrected chi connectivity index (χ0v) is 11.9. The lowest BCUT2D eigenvalue weighted by Crippen LogP contribution is -2.23. The van der Waals surface area contributed by atoms with Gasteiger partial charge in [-0.1, -0.05) is 11.6 Å². The first-order valence-corrected chi connectivity index (χ1v) is 7.85. The third kappa shape index (κ3) is 3.30. The number of hydrogen-bond donors (Lipinski definition) is 1. The van der Waals surface area contributed by atoms with E-state index < -0.39 is 10.0 Å². The van der Waals surface area contributed by atoms with Crippen LogP contribution < -0.4 is 4.72 Å². The molecule has 0 radical (unpaired) electrons. The van der Waals surface area contributed by atoms with E-state index >= 15 is 0 Å². The Hall–Kier alpha value is -1.46. The third-order valence-electron chi connectivity index (χ3n) is 2.25. The normalized spacial score (nSPS) is 11.2. The molecule has 5 nitrogen and oxygen atoms in total. The summed E-state index contributed by atoms with van der Waals surface area (Å²) in [5, 5.41) is 11.1. The van der Waals surface area contributed by atoms with Crippen LogP contribution in [0.25, 0.3) is 0 Å². The van der Waals surface area contributed by atoms with Gasteiger partial charge in [0.25, 0.3) is 0 Å². The monoisotopic (exact) mass is 313 g/mol. The summed E-state index contributed by atoms with van der Waals surface area (Å²) in [5.74, 6) is 0. The summed E-state index contributed by atoms with van der Waals surface area (Å²) in [5.41, 5.74) is 0.309. The predicted octanol–water partition coefficient (Wildman–Crippen LogP) is 2.15. The zero-order valence-electron chi connectivity index (χ0n) is 9.50. The Morgan fingerprint density at radius 1 is 1.47 bits per heavy atom. The number of hydrogen-bond acceptors (Lipinski definition) is 5. The molecule has 8 heteroatoms. The lowest BCUT2D eigenvalue weighted by atomic mass is 10.2. The van der Waals surface area contributed by atoms with Crippen molar-refractivity contribution in [2.24, 2.45) is 0 Å². The maximum atomic E-state index is 12.0. The minimum absolute atomic E-state index is 0.0192. The molecule has 19 heavy (non-hydrogen) atoms. The van der Waals surface area contributed by atoms with Crippen LogP contribution in [-0.4, -0.2) is 13.4 Å². The van der Waals surface area contributed by atoms with Gasteiger partial charge in [0.1, 0.15) is 9.90 Å². The first-order valence-electron chi connectivity index (χ1n) is 5.10. The Kier molecular flexibility index (Phi) is 4.17. The van der Waals surface area contributed by atoms with Crippen LogP contribution in [0.1, 0.15) is 10.6 Å². The van der Waals surface area contributed by atoms with E-state index in [0.29, 0.717) is 10.6 Å². The number of nitrogens with zero attached hydrogens (tertiary/aromatic N) is 2. The highest BCUT2D eigenvalue weighted by Crippen LogP contribution is 2.22. The van der Waals surface area contributed by atoms with Crippen LogP contribution in [0.5, 0.6) is 0 Å². The van der Waals surface area contributed by atoms with Gasteiger partial charge >= 0.3 is 0 Å². The Morgan fingerprint density at radius 2 is 2.26 bits per heavy atom. The molecule has 1 N–H and O–H groups in total. The van der Waals surface area contributed by atoms with Gasteiger partial charge in [-0.05, 0) is 18.2 Å². The third-order valence-corrected chi connectivity index (χ3v) is 4.91. The Labute approximate surface area is 119 Å². The summed E-state index contributed by atoms with van der Waals surface area (Å²) in [6.45, 7) is 0.107. The first-order chi connectivity index (χ1) is 9.03. The quantitative estimate of drug-likeness (QED) is 0.937. The van der Waals surface area contributed by atoms with E-state index in [0.717, 1.165) is 0 Å². The number of thiazole rings is 1. The standard InChI is InChI=1S/C11H8ClN3O2S2/c12-9-5-8(6-13)1-2-10(9)19(16,17)15-7-11-14-3-4-18-11/h1-5,15H,7H2. The molecule has 0 aliphatic rings. The van der Waals surface area contributed by atoms with Crippen molar-refractivity contribution in [3.63, 3.8) is 0 Å². The molecule has 0 aliphatic heterocycles. The van der Waals surface area contributed by atoms with Crippen molar-refractivity contribution in [1.29, 1.82) is 5.26 Å². The van der Waals surface area contributed by atoms with Gasteiger partial charge in [-0.15, -0.1) is 11.3 Å². The molecule has 2 aromatic rings. The number of halogens is 1. The highest BCUT2D eigenvalue weighted by molar-refractivity contribution is 7.89. The summed E-state index contributed by atoms with van der Waals surface area (Å²) in [6.07, 6.45) is 1.60. The Balaban J connectivity index is 2.22. The lowest BCUT2D eigenvalue weighted by Gasteiger charge is -2.07. The van der Waals surface area contributed by atoms with Crippen LogP contribution in [-0.2, 0) is 16.6 Å². The van der Waals surface area contributed by atoms with E-state index in [-0.39, 0.29) is 16.5 Å². The average molecular weight is 314 g/mol. The van der Waals surface area contributed by atoms with Crippen molar-refractivity contribution < 1.29 is 8.42 Å². The van der Waals surface area contributed by atoms with Crippen LogP contribution >= 0.6 is 22.9 Å². The largest absolute Gasteiger partial charge is 0.248 e. The van der Waals surface area contributed by atoms with Crippen LogP contribution in [0.3, 0.4) is 0 Å². The zero-order chi connectivity index (χ0) is 13.9. The maximum Gasteiger partial charge on any atom is 0.242 e. The fraction of sp³-hybridized carbons (Fsp3) is 0.0909. The minimum Gasteiger partial charge on any atom is -0.248 e. The molecule has 0 spiro atoms. The summed E-state index contributed by atoms with van der Waals surface area (Å²) in [6, 6.07) is 5.93. The van der Waals surface area contributed by atoms with Gasteiger partial charge in [-0.3, -0.25) is 0 Å². The molecule has 0 saturated carbocycles. The van der Waals surface area contributed by atoms with Crippen LogP contribution in [0.15, 0.2) is 34.7 Å². The molecule has 0 atom stereocenters. The molecule has 0 bridgehead atoms. The highest BCUT2D eigenvalue weighted by atomic mass is 35.5. The summed E-state index contributed by atoms with van der Waals surface area (Å²) < 4.78 is 26.5. The van der Waals surface area contributed by atoms with Gasteiger partial charge in [-0.2, -0.15) is 5.26 Å². The van der Waals surface area contributed by atoms with E-state index in [9.17, 15) is 8.42 Å². The SMILES string of the molecule is N#Cc1ccc(S(=O)(=O)NCc2nccs2)c(Cl)c1. The predicted molar refractivity (Wildman–Crippen MR) is 72.3 cm³/mol. The average Bonchev–Trinajstić information content (AvgIpc) is 2.89. The molecule has 0 amide bonds. The van der Waals surface area contributed by atoms with Gasteiger partial charge in [-0.25, -0.2) is 18.1 Å². The molecule has 0 aliphatic carbocycles. The number of rotatable bonds is 4. The molecule has 1 aromatic heterocycles. The van der Waals surface area contributed by atoms with Crippen molar-refractivity contribution >= 4 is 33.0 Å². The number of nitrogens with one attached hydrogen (secondary N) is 1. The number of benzene rings is 1. The van der Waals surface area contributed by atoms with Crippen molar-refractivity contribution in [2.45, 2.75) is 11.4 Å². The van der Waals surface area contributed by atoms with E-state index in [4.69, 9.17) is 16.9 Å². The van der Waals surface area contributed by atoms with Crippen molar-refractivity contribution in [3.05, 3.63) is 45.4 Å². The van der Waals surface area contributed by atoms with Crippen molar-refractivity contribution in [1.82, 2.24) is 9.71 Å². The van der Waals surface area contributed by atoms with Gasteiger partial charge in [0, 0.05) is 11.6 Å². The van der Waals surface area contributed by atoms with Gasteiger partial charge < -0.3 is 0 Å². The highest BCUT2D eigenvalue weighted by Gasteiger charge is 2.18. The molecule has 1 aromatic carbocycles. The van der Waals surface area contributed by atoms with E-state index in [1.165, 1.54) is 29.5 Å². The van der Waals surface area contributed by atoms with Gasteiger partial charge in [0.05, 0.1) is 23.2 Å². The molecule has 1 heterocycles. The topological polar surface area (TPSA) is 82.8 Å². The fourth-order valence-corrected chi connectivity index (χ4v) is 3.54. The molecular weight excluding hydrogens is 306 g/mol. The molecule has 0 saturated heterocycles. The van der Waals surface area contributed by atoms with Crippen LogP contribution in [0.4, 0.5) is 0 Å². The number of aromatic nitrogens is 1. The maximum absolute atomic E-state index is 12.0. The second-order valence-electron chi connectivity index (χ2n) is 3.51. The smallest absolute Gasteiger partial charge is 0.242 e. The second kappa shape index (κ2) is 5.67. The molecule has 98 valence electrons. The summed E-state index contributed by atoms with van der Waals surface area (Å²) in [4.78, 5) is 3.93. The molecule has 2 rings (SSSR count). The minimum atomic E-state index is -3.72. The Morgan fingerprint density at radius 3 is 2.84 bits per heavy atom. The second-order valence-corrected chi connectivity index (χ2v) is 6.63. The van der Waals surface area contributed by atoms with Gasteiger partial charge in [0.15, 0.2) is 0 Å². The number of nitriles is 1. The number of sulfonamides is 1. The molecular formula is C11H8ClN3O2S2. The molecule has 0 fully saturated rings. The lowest BCUT2D eigenvalue weighted by molar-refractivity contribution is 0.581. The van der Waals surface area contributed by atoms with Crippen LogP contribution in [0.2, 0.25) is 5.02 Å².